The molecule has 0 spiro atoms. The standard InChI is InChI=1S/C12H19N/c1-8-5-6-9(2)12(13)11(4)10(3)7-8/h5,7,10-12H,13H2,1-4H3/b8-7-/t6?,10-,11?,12+/m1/s1. The van der Waals surface area contributed by atoms with Crippen LogP contribution in [0.3, 0.4) is 0 Å². The van der Waals surface area contributed by atoms with Gasteiger partial charge in [-0.15, -0.1) is 5.73 Å². The van der Waals surface area contributed by atoms with Gasteiger partial charge < -0.3 is 5.73 Å². The number of rotatable bonds is 0. The Morgan fingerprint density at radius 3 is 2.54 bits per heavy atom. The molecule has 0 aromatic carbocycles. The van der Waals surface area contributed by atoms with Gasteiger partial charge in [-0.2, -0.15) is 0 Å². The Kier molecular flexibility index (Phi) is 3.13. The van der Waals surface area contributed by atoms with Crippen molar-refractivity contribution in [2.24, 2.45) is 17.6 Å². The molecule has 1 unspecified atom stereocenters. The van der Waals surface area contributed by atoms with E-state index in [0.29, 0.717) is 11.8 Å². The molecule has 3 atom stereocenters. The summed E-state index contributed by atoms with van der Waals surface area (Å²) in [5, 5.41) is 0. The Hall–Kier alpha value is -0.780. The lowest BCUT2D eigenvalue weighted by Crippen LogP contribution is -2.33. The zero-order chi connectivity index (χ0) is 10.0. The molecule has 1 heteroatoms. The second-order valence-electron chi connectivity index (χ2n) is 4.13. The minimum atomic E-state index is 0.149. The third kappa shape index (κ3) is 2.33. The summed E-state index contributed by atoms with van der Waals surface area (Å²) in [6.07, 6.45) is 4.29. The normalized spacial score (nSPS) is 38.7. The molecule has 2 N–H and O–H groups in total. The van der Waals surface area contributed by atoms with Crippen LogP contribution in [0, 0.1) is 11.8 Å². The third-order valence-corrected chi connectivity index (χ3v) is 2.95. The van der Waals surface area contributed by atoms with Gasteiger partial charge in [0.05, 0.1) is 0 Å². The smallest absolute Gasteiger partial charge is 0.0358 e. The van der Waals surface area contributed by atoms with E-state index < -0.39 is 0 Å². The molecule has 0 fully saturated rings. The molecule has 0 saturated carbocycles. The van der Waals surface area contributed by atoms with Crippen LogP contribution in [0.5, 0.6) is 0 Å². The molecule has 0 aliphatic heterocycles. The number of hydrogen-bond donors (Lipinski definition) is 1. The van der Waals surface area contributed by atoms with E-state index in [1.807, 2.05) is 6.08 Å². The Bertz CT molecular complexity index is 279. The second-order valence-corrected chi connectivity index (χ2v) is 4.13. The maximum atomic E-state index is 6.08. The topological polar surface area (TPSA) is 26.0 Å². The predicted molar refractivity (Wildman–Crippen MR) is 57.3 cm³/mol. The van der Waals surface area contributed by atoms with Crippen molar-refractivity contribution in [3.63, 3.8) is 0 Å². The lowest BCUT2D eigenvalue weighted by atomic mass is 9.84. The molecular formula is C12H19N. The van der Waals surface area contributed by atoms with Gasteiger partial charge in [-0.25, -0.2) is 0 Å². The summed E-state index contributed by atoms with van der Waals surface area (Å²) in [7, 11) is 0. The van der Waals surface area contributed by atoms with Crippen LogP contribution in [0.4, 0.5) is 0 Å². The highest BCUT2D eigenvalue weighted by Crippen LogP contribution is 2.22. The molecule has 1 rings (SSSR count). The Morgan fingerprint density at radius 1 is 1.31 bits per heavy atom. The maximum absolute atomic E-state index is 6.08. The van der Waals surface area contributed by atoms with Gasteiger partial charge in [0.25, 0.3) is 0 Å². The molecule has 0 heterocycles. The summed E-state index contributed by atoms with van der Waals surface area (Å²) < 4.78 is 0. The molecule has 0 radical (unpaired) electrons. The second kappa shape index (κ2) is 3.95. The first-order valence-electron chi connectivity index (χ1n) is 4.89. The molecule has 1 aliphatic carbocycles. The van der Waals surface area contributed by atoms with Crippen molar-refractivity contribution >= 4 is 0 Å². The average molecular weight is 177 g/mol. The van der Waals surface area contributed by atoms with E-state index in [2.05, 4.69) is 39.5 Å². The van der Waals surface area contributed by atoms with Gasteiger partial charge in [0.15, 0.2) is 0 Å². The van der Waals surface area contributed by atoms with Crippen LogP contribution in [0.15, 0.2) is 29.0 Å². The summed E-state index contributed by atoms with van der Waals surface area (Å²) in [6, 6.07) is 0.149. The molecule has 0 aromatic heterocycles. The van der Waals surface area contributed by atoms with Crippen molar-refractivity contribution in [2.45, 2.75) is 33.7 Å². The van der Waals surface area contributed by atoms with Crippen LogP contribution in [0.25, 0.3) is 0 Å². The van der Waals surface area contributed by atoms with E-state index in [0.717, 1.165) is 5.57 Å². The van der Waals surface area contributed by atoms with Crippen LogP contribution < -0.4 is 5.73 Å². The average Bonchev–Trinajstić information content (AvgIpc) is 2.10. The van der Waals surface area contributed by atoms with Gasteiger partial charge in [-0.3, -0.25) is 0 Å². The zero-order valence-corrected chi connectivity index (χ0v) is 8.96. The Morgan fingerprint density at radius 2 is 1.92 bits per heavy atom. The SMILES string of the molecule is CC1=C=C/C(C)=C\[C@@H](C)C(C)[C@H]1N. The van der Waals surface area contributed by atoms with E-state index in [4.69, 9.17) is 5.73 Å². The summed E-state index contributed by atoms with van der Waals surface area (Å²) in [5.74, 6) is 1.04. The van der Waals surface area contributed by atoms with E-state index in [1.165, 1.54) is 5.57 Å². The van der Waals surface area contributed by atoms with Crippen LogP contribution >= 0.6 is 0 Å². The van der Waals surface area contributed by atoms with Gasteiger partial charge in [0.1, 0.15) is 0 Å². The van der Waals surface area contributed by atoms with E-state index in [9.17, 15) is 0 Å². The molecule has 72 valence electrons. The number of hydrogen-bond acceptors (Lipinski definition) is 1. The van der Waals surface area contributed by atoms with Crippen molar-refractivity contribution in [3.8, 4) is 0 Å². The fourth-order valence-electron chi connectivity index (χ4n) is 1.66. The van der Waals surface area contributed by atoms with Crippen LogP contribution in [-0.2, 0) is 0 Å². The molecule has 0 saturated heterocycles. The van der Waals surface area contributed by atoms with Crippen LogP contribution in [0.2, 0.25) is 0 Å². The summed E-state index contributed by atoms with van der Waals surface area (Å²) >= 11 is 0. The van der Waals surface area contributed by atoms with Crippen LogP contribution in [0.1, 0.15) is 27.7 Å². The number of nitrogens with two attached hydrogens (primary N) is 1. The van der Waals surface area contributed by atoms with Crippen molar-refractivity contribution in [1.29, 1.82) is 0 Å². The predicted octanol–water partition coefficient (Wildman–Crippen LogP) is 2.65. The molecule has 0 aromatic rings. The van der Waals surface area contributed by atoms with E-state index in [1.54, 1.807) is 0 Å². The molecule has 13 heavy (non-hydrogen) atoms. The minimum absolute atomic E-state index is 0.149. The third-order valence-electron chi connectivity index (χ3n) is 2.95. The van der Waals surface area contributed by atoms with Crippen molar-refractivity contribution in [3.05, 3.63) is 29.0 Å². The Labute approximate surface area is 81.0 Å². The summed E-state index contributed by atoms with van der Waals surface area (Å²) in [4.78, 5) is 0. The lowest BCUT2D eigenvalue weighted by molar-refractivity contribution is 0.404. The number of allylic oxidation sites excluding steroid dienone is 2. The largest absolute Gasteiger partial charge is 0.323 e. The van der Waals surface area contributed by atoms with Gasteiger partial charge in [-0.05, 0) is 42.9 Å². The quantitative estimate of drug-likeness (QED) is 0.566. The maximum Gasteiger partial charge on any atom is 0.0358 e. The molecule has 1 aliphatic rings. The van der Waals surface area contributed by atoms with Crippen LogP contribution in [-0.4, -0.2) is 6.04 Å². The molecule has 0 amide bonds. The first-order chi connectivity index (χ1) is 6.02. The zero-order valence-electron chi connectivity index (χ0n) is 8.96. The van der Waals surface area contributed by atoms with E-state index >= 15 is 0 Å². The first-order valence-corrected chi connectivity index (χ1v) is 4.89. The fourth-order valence-corrected chi connectivity index (χ4v) is 1.66. The fraction of sp³-hybridized carbons (Fsp3) is 0.583. The summed E-state index contributed by atoms with van der Waals surface area (Å²) in [5.41, 5.74) is 11.8. The highest BCUT2D eigenvalue weighted by molar-refractivity contribution is 5.23. The molecule has 0 bridgehead atoms. The minimum Gasteiger partial charge on any atom is -0.323 e. The van der Waals surface area contributed by atoms with Crippen molar-refractivity contribution in [1.82, 2.24) is 0 Å². The molecular weight excluding hydrogens is 158 g/mol. The van der Waals surface area contributed by atoms with Gasteiger partial charge in [-0.1, -0.05) is 19.9 Å². The highest BCUT2D eigenvalue weighted by Gasteiger charge is 2.20. The van der Waals surface area contributed by atoms with Gasteiger partial charge >= 0.3 is 0 Å². The first kappa shape index (κ1) is 10.3. The highest BCUT2D eigenvalue weighted by atomic mass is 14.7. The monoisotopic (exact) mass is 177 g/mol. The van der Waals surface area contributed by atoms with Gasteiger partial charge in [0, 0.05) is 6.04 Å². The lowest BCUT2D eigenvalue weighted by Gasteiger charge is -2.25. The summed E-state index contributed by atoms with van der Waals surface area (Å²) in [6.45, 7) is 8.60. The van der Waals surface area contributed by atoms with Crippen molar-refractivity contribution in [2.75, 3.05) is 0 Å². The van der Waals surface area contributed by atoms with Crippen molar-refractivity contribution < 1.29 is 0 Å². The van der Waals surface area contributed by atoms with Gasteiger partial charge in [0.2, 0.25) is 0 Å². The molecule has 1 nitrogen and oxygen atoms in total. The Balaban J connectivity index is 3.07. The van der Waals surface area contributed by atoms with E-state index in [-0.39, 0.29) is 6.04 Å².